The highest BCUT2D eigenvalue weighted by Crippen LogP contribution is 2.12. The molecule has 19 heavy (non-hydrogen) atoms. The summed E-state index contributed by atoms with van der Waals surface area (Å²) in [7, 11) is 0. The smallest absolute Gasteiger partial charge is 0.119 e. The van der Waals surface area contributed by atoms with Crippen LogP contribution in [0.5, 0.6) is 5.75 Å². The lowest BCUT2D eigenvalue weighted by atomic mass is 10.2. The summed E-state index contributed by atoms with van der Waals surface area (Å²) in [6, 6.07) is 8.24. The summed E-state index contributed by atoms with van der Waals surface area (Å²) in [4.78, 5) is 2.24. The molecule has 1 heterocycles. The van der Waals surface area contributed by atoms with Crippen LogP contribution in [0.15, 0.2) is 24.3 Å². The Balaban J connectivity index is 1.74. The highest BCUT2D eigenvalue weighted by molar-refractivity contribution is 5.26. The Morgan fingerprint density at radius 2 is 2.16 bits per heavy atom. The maximum absolute atomic E-state index is 10.0. The monoisotopic (exact) mass is 265 g/mol. The van der Waals surface area contributed by atoms with Crippen LogP contribution >= 0.6 is 0 Å². The molecule has 1 saturated heterocycles. The Morgan fingerprint density at radius 1 is 1.42 bits per heavy atom. The summed E-state index contributed by atoms with van der Waals surface area (Å²) >= 11 is 0. The molecular weight excluding hydrogens is 242 g/mol. The van der Waals surface area contributed by atoms with Crippen LogP contribution in [-0.2, 0) is 4.74 Å². The Morgan fingerprint density at radius 3 is 2.84 bits per heavy atom. The topological polar surface area (TPSA) is 41.9 Å². The zero-order chi connectivity index (χ0) is 13.7. The lowest BCUT2D eigenvalue weighted by molar-refractivity contribution is -0.0265. The van der Waals surface area contributed by atoms with E-state index < -0.39 is 6.10 Å². The summed E-state index contributed by atoms with van der Waals surface area (Å²) in [6.07, 6.45) is -0.471. The molecule has 0 aliphatic carbocycles. The fourth-order valence-electron chi connectivity index (χ4n) is 2.18. The maximum atomic E-state index is 10.0. The number of rotatable bonds is 5. The van der Waals surface area contributed by atoms with Crippen molar-refractivity contribution in [3.8, 4) is 5.75 Å². The Labute approximate surface area is 114 Å². The number of aryl methyl sites for hydroxylation is 1. The van der Waals surface area contributed by atoms with E-state index in [9.17, 15) is 5.11 Å². The molecule has 2 rings (SSSR count). The molecule has 0 saturated carbocycles. The lowest BCUT2D eigenvalue weighted by Crippen LogP contribution is -2.47. The van der Waals surface area contributed by atoms with Gasteiger partial charge in [0.2, 0.25) is 0 Å². The third-order valence-electron chi connectivity index (χ3n) is 3.41. The van der Waals surface area contributed by atoms with Crippen LogP contribution < -0.4 is 4.74 Å². The molecule has 1 aliphatic rings. The molecule has 1 fully saturated rings. The Hall–Kier alpha value is -1.10. The molecule has 0 radical (unpaired) electrons. The summed E-state index contributed by atoms with van der Waals surface area (Å²) in [5.74, 6) is 0.805. The van der Waals surface area contributed by atoms with Crippen molar-refractivity contribution in [2.24, 2.45) is 0 Å². The molecule has 0 aromatic heterocycles. The normalized spacial score (nSPS) is 22.2. The van der Waals surface area contributed by atoms with E-state index >= 15 is 0 Å². The first-order valence-electron chi connectivity index (χ1n) is 6.84. The quantitative estimate of drug-likeness (QED) is 0.875. The average molecular weight is 265 g/mol. The van der Waals surface area contributed by atoms with Gasteiger partial charge in [-0.15, -0.1) is 0 Å². The van der Waals surface area contributed by atoms with E-state index in [-0.39, 0.29) is 0 Å². The number of hydrogen-bond donors (Lipinski definition) is 1. The number of aliphatic hydroxyl groups excluding tert-OH is 1. The molecule has 0 unspecified atom stereocenters. The van der Waals surface area contributed by atoms with Crippen molar-refractivity contribution in [1.82, 2.24) is 4.90 Å². The van der Waals surface area contributed by atoms with Crippen LogP contribution in [0.1, 0.15) is 12.5 Å². The molecule has 4 heteroatoms. The van der Waals surface area contributed by atoms with E-state index in [4.69, 9.17) is 9.47 Å². The zero-order valence-electron chi connectivity index (χ0n) is 11.7. The summed E-state index contributed by atoms with van der Waals surface area (Å²) in [6.45, 7) is 7.48. The van der Waals surface area contributed by atoms with Gasteiger partial charge in [0.05, 0.1) is 13.2 Å². The number of benzene rings is 1. The Bertz CT molecular complexity index is 379. The van der Waals surface area contributed by atoms with Crippen LogP contribution in [0.4, 0.5) is 0 Å². The van der Waals surface area contributed by atoms with Gasteiger partial charge in [-0.05, 0) is 26.0 Å². The van der Waals surface area contributed by atoms with Crippen LogP contribution in [0.3, 0.4) is 0 Å². The third-order valence-corrected chi connectivity index (χ3v) is 3.41. The van der Waals surface area contributed by atoms with E-state index in [2.05, 4.69) is 11.8 Å². The minimum Gasteiger partial charge on any atom is -0.491 e. The van der Waals surface area contributed by atoms with Crippen LogP contribution in [0, 0.1) is 6.92 Å². The zero-order valence-corrected chi connectivity index (χ0v) is 11.7. The van der Waals surface area contributed by atoms with E-state index in [0.29, 0.717) is 19.2 Å². The molecule has 1 aliphatic heterocycles. The minimum absolute atomic E-state index is 0.327. The Kier molecular flexibility index (Phi) is 5.19. The molecule has 1 N–H and O–H groups in total. The van der Waals surface area contributed by atoms with Gasteiger partial charge in [-0.1, -0.05) is 17.7 Å². The number of β-amino-alcohol motifs (C(OH)–C–C–N with tert-alkyl or cyclic N) is 1. The molecular formula is C15H23NO3. The second-order valence-electron chi connectivity index (χ2n) is 5.20. The van der Waals surface area contributed by atoms with Gasteiger partial charge in [0.1, 0.15) is 18.5 Å². The maximum Gasteiger partial charge on any atom is 0.119 e. The van der Waals surface area contributed by atoms with Gasteiger partial charge in [-0.25, -0.2) is 0 Å². The molecule has 4 nitrogen and oxygen atoms in total. The van der Waals surface area contributed by atoms with Gasteiger partial charge < -0.3 is 14.6 Å². The van der Waals surface area contributed by atoms with Gasteiger partial charge in [-0.3, -0.25) is 4.90 Å². The molecule has 0 amide bonds. The molecule has 0 bridgehead atoms. The van der Waals surface area contributed by atoms with Crippen LogP contribution in [0.25, 0.3) is 0 Å². The van der Waals surface area contributed by atoms with Gasteiger partial charge >= 0.3 is 0 Å². The van der Waals surface area contributed by atoms with Gasteiger partial charge in [-0.2, -0.15) is 0 Å². The van der Waals surface area contributed by atoms with Crippen molar-refractivity contribution in [3.05, 3.63) is 29.8 Å². The highest BCUT2D eigenvalue weighted by atomic mass is 16.5. The second kappa shape index (κ2) is 6.89. The molecule has 2 atom stereocenters. The number of nitrogens with zero attached hydrogens (tertiary/aromatic N) is 1. The number of ether oxygens (including phenoxy) is 2. The first kappa shape index (κ1) is 14.3. The lowest BCUT2D eigenvalue weighted by Gasteiger charge is -2.34. The summed E-state index contributed by atoms with van der Waals surface area (Å²) in [5.41, 5.74) is 1.20. The fourth-order valence-corrected chi connectivity index (χ4v) is 2.18. The van der Waals surface area contributed by atoms with Crippen LogP contribution in [0.2, 0.25) is 0 Å². The second-order valence-corrected chi connectivity index (χ2v) is 5.20. The highest BCUT2D eigenvalue weighted by Gasteiger charge is 2.21. The predicted octanol–water partition coefficient (Wildman–Crippen LogP) is 1.46. The van der Waals surface area contributed by atoms with Gasteiger partial charge in [0.25, 0.3) is 0 Å². The largest absolute Gasteiger partial charge is 0.491 e. The predicted molar refractivity (Wildman–Crippen MR) is 74.5 cm³/mol. The van der Waals surface area contributed by atoms with E-state index in [1.807, 2.05) is 31.2 Å². The average Bonchev–Trinajstić information content (AvgIpc) is 2.41. The van der Waals surface area contributed by atoms with Gasteiger partial charge in [0, 0.05) is 19.1 Å². The van der Waals surface area contributed by atoms with Crippen molar-refractivity contribution < 1.29 is 14.6 Å². The standard InChI is InChI=1S/C15H23NO3/c1-12-3-5-15(6-4-12)19-11-14(17)9-16-7-8-18-10-13(16)2/h3-6,13-14,17H,7-11H2,1-2H3/t13-,14-/m1/s1. The number of morpholine rings is 1. The number of aliphatic hydroxyl groups is 1. The molecule has 1 aromatic carbocycles. The van der Waals surface area contributed by atoms with Crippen molar-refractivity contribution in [3.63, 3.8) is 0 Å². The minimum atomic E-state index is -0.471. The number of hydrogen-bond acceptors (Lipinski definition) is 4. The molecule has 1 aromatic rings. The van der Waals surface area contributed by atoms with Gasteiger partial charge in [0.15, 0.2) is 0 Å². The van der Waals surface area contributed by atoms with E-state index in [1.165, 1.54) is 5.56 Å². The molecule has 0 spiro atoms. The summed E-state index contributed by atoms with van der Waals surface area (Å²) < 4.78 is 11.0. The van der Waals surface area contributed by atoms with E-state index in [1.54, 1.807) is 0 Å². The van der Waals surface area contributed by atoms with Crippen molar-refractivity contribution >= 4 is 0 Å². The van der Waals surface area contributed by atoms with Crippen molar-refractivity contribution in [2.45, 2.75) is 26.0 Å². The first-order chi connectivity index (χ1) is 9.15. The third kappa shape index (κ3) is 4.49. The molecule has 106 valence electrons. The van der Waals surface area contributed by atoms with Crippen molar-refractivity contribution in [1.29, 1.82) is 0 Å². The first-order valence-corrected chi connectivity index (χ1v) is 6.84. The fraction of sp³-hybridized carbons (Fsp3) is 0.600. The van der Waals surface area contributed by atoms with Crippen molar-refractivity contribution in [2.75, 3.05) is 32.9 Å². The van der Waals surface area contributed by atoms with Crippen LogP contribution in [-0.4, -0.2) is 55.1 Å². The SMILES string of the molecule is Cc1ccc(OC[C@H](O)CN2CCOC[C@H]2C)cc1. The van der Waals surface area contributed by atoms with E-state index in [0.717, 1.165) is 25.5 Å². The summed E-state index contributed by atoms with van der Waals surface area (Å²) in [5, 5.41) is 10.0.